The normalized spacial score (nSPS) is 17.9. The second-order valence-electron chi connectivity index (χ2n) is 24.3. The second-order valence-corrected chi connectivity index (χ2v) is 24.3. The van der Waals surface area contributed by atoms with Crippen LogP contribution in [0.1, 0.15) is 242 Å². The third-order valence-electron chi connectivity index (χ3n) is 16.7. The van der Waals surface area contributed by atoms with Crippen LogP contribution in [0.5, 0.6) is 5.75 Å². The van der Waals surface area contributed by atoms with Crippen LogP contribution in [0.2, 0.25) is 0 Å². The molecule has 0 bridgehead atoms. The van der Waals surface area contributed by atoms with Crippen molar-refractivity contribution in [2.24, 2.45) is 27.7 Å². The maximum atomic E-state index is 14.6. The van der Waals surface area contributed by atoms with E-state index in [0.717, 1.165) is 134 Å². The maximum absolute atomic E-state index is 14.6. The Morgan fingerprint density at radius 3 is 2.09 bits per heavy atom. The number of ether oxygens (including phenoxy) is 3. The van der Waals surface area contributed by atoms with Crippen LogP contribution in [-0.2, 0) is 35.1 Å². The van der Waals surface area contributed by atoms with E-state index >= 15 is 0 Å². The number of carbonyl (C=O) groups excluding carboxylic acids is 4. The standard InChI is InChI=1S/C28H35FN4O.C16H25NO2.C10H19N.C9H16O2.C8H18O.C3H8O.C2H6.CH2O/c1-6-21-24(29)14-13-20-11-8-12-22(26(20)21)19(4)30-16-23-25(7-2)31-28(34-5)32-27(23)33-15-9-10-18(3)17-33;1-5-7-8-11-19-14-10-9-13(3)15(12-14)17(4)16(18)6-2;1-2-9-5-3-6-10-7-4-8-11(9)10;1-7(2)9(11)8(3)5-4-6-10;1-3-5-6-8-9-7-4-2;1-2-3-4;2*1-2/h8,11-14,16,18,25,30H,4,6-7,9-10,15,17H2,1-3,5H3;9-10,12H,5-8,11H2,1-4H3;9-10H,2-8H2,1H3;6-8H,4-5H2,1-3H3;3-8H2,1-2H3;4H,2-3H2,1H3;1-2H3;1H2/b23-16+;;;;;;;. The Bertz CT molecular complexity index is 2580. The van der Waals surface area contributed by atoms with Crippen LogP contribution in [0.3, 0.4) is 0 Å². The Labute approximate surface area is 559 Å². The van der Waals surface area contributed by atoms with E-state index in [2.05, 4.69) is 63.2 Å². The molecule has 3 aromatic carbocycles. The van der Waals surface area contributed by atoms with E-state index in [1.54, 1.807) is 18.1 Å². The smallest absolute Gasteiger partial charge is 0.313 e. The van der Waals surface area contributed by atoms with Gasteiger partial charge in [-0.3, -0.25) is 14.5 Å². The fourth-order valence-corrected chi connectivity index (χ4v) is 11.5. The van der Waals surface area contributed by atoms with Crippen molar-refractivity contribution in [1.29, 1.82) is 0 Å². The molecule has 0 aromatic heterocycles. The lowest BCUT2D eigenvalue weighted by atomic mass is 9.93. The van der Waals surface area contributed by atoms with Crippen molar-refractivity contribution in [2.75, 3.05) is 65.1 Å². The zero-order valence-corrected chi connectivity index (χ0v) is 60.9. The number of likely N-dealkylation sites (tertiary alicyclic amines) is 1. The molecule has 4 aliphatic heterocycles. The second kappa shape index (κ2) is 52.6. The summed E-state index contributed by atoms with van der Waals surface area (Å²) in [6, 6.07) is 17.6. The number of Topliss-reactive ketones (excluding diaryl/α,β-unsaturated/α-hetero) is 1. The molecular formula is C77H129FN6O8. The third kappa shape index (κ3) is 31.4. The monoisotopic (exact) mass is 1280 g/mol. The number of rotatable bonds is 25. The van der Waals surface area contributed by atoms with Crippen LogP contribution in [0.15, 0.2) is 76.9 Å². The summed E-state index contributed by atoms with van der Waals surface area (Å²) in [6.07, 6.45) is 26.4. The molecule has 3 saturated heterocycles. The molecule has 5 unspecified atom stereocenters. The molecule has 0 aliphatic carbocycles. The minimum atomic E-state index is -0.179. The highest BCUT2D eigenvalue weighted by Gasteiger charge is 2.33. The number of nitrogens with zero attached hydrogens (tertiary/aromatic N) is 5. The Morgan fingerprint density at radius 1 is 0.848 bits per heavy atom. The van der Waals surface area contributed by atoms with E-state index in [-0.39, 0.29) is 35.4 Å². The van der Waals surface area contributed by atoms with Gasteiger partial charge in [0.25, 0.3) is 0 Å². The molecule has 0 saturated carbocycles. The van der Waals surface area contributed by atoms with Crippen molar-refractivity contribution < 1.29 is 42.9 Å². The minimum Gasteiger partial charge on any atom is -0.494 e. The largest absolute Gasteiger partial charge is 0.494 e. The fourth-order valence-electron chi connectivity index (χ4n) is 11.5. The molecule has 4 aliphatic rings. The number of ketones is 1. The van der Waals surface area contributed by atoms with Gasteiger partial charge in [-0.25, -0.2) is 9.38 Å². The Morgan fingerprint density at radius 2 is 1.51 bits per heavy atom. The van der Waals surface area contributed by atoms with Crippen LogP contribution in [0, 0.1) is 30.5 Å². The predicted octanol–water partition coefficient (Wildman–Crippen LogP) is 17.9. The van der Waals surface area contributed by atoms with Crippen molar-refractivity contribution in [2.45, 2.75) is 257 Å². The molecule has 14 nitrogen and oxygen atoms in total. The van der Waals surface area contributed by atoms with Crippen LogP contribution >= 0.6 is 0 Å². The topological polar surface area (TPSA) is 163 Å². The van der Waals surface area contributed by atoms with Gasteiger partial charge in [-0.05, 0) is 143 Å². The van der Waals surface area contributed by atoms with Crippen LogP contribution in [0.4, 0.5) is 10.1 Å². The van der Waals surface area contributed by atoms with Gasteiger partial charge in [0.15, 0.2) is 0 Å². The van der Waals surface area contributed by atoms with Gasteiger partial charge < -0.3 is 44.0 Å². The predicted molar refractivity (Wildman–Crippen MR) is 388 cm³/mol. The number of aryl methyl sites for hydroxylation is 2. The zero-order valence-electron chi connectivity index (χ0n) is 60.9. The molecule has 2 N–H and O–H groups in total. The van der Waals surface area contributed by atoms with Crippen molar-refractivity contribution >= 4 is 58.8 Å². The minimum absolute atomic E-state index is 0.0419. The molecule has 4 heterocycles. The summed E-state index contributed by atoms with van der Waals surface area (Å²) in [5, 5.41) is 13.2. The number of aliphatic hydroxyl groups excluding tert-OH is 1. The number of nitrogens with one attached hydrogen (secondary N) is 1. The first-order valence-corrected chi connectivity index (χ1v) is 35.4. The molecule has 3 aromatic rings. The Hall–Kier alpha value is -5.77. The molecule has 5 atom stereocenters. The van der Waals surface area contributed by atoms with E-state index in [1.807, 2.05) is 125 Å². The number of aliphatic hydroxyl groups is 1. The summed E-state index contributed by atoms with van der Waals surface area (Å²) in [7, 11) is 3.43. The molecule has 0 radical (unpaired) electrons. The molecule has 92 heavy (non-hydrogen) atoms. The lowest BCUT2D eigenvalue weighted by Crippen LogP contribution is -2.44. The number of hydrogen-bond acceptors (Lipinski definition) is 13. The summed E-state index contributed by atoms with van der Waals surface area (Å²) in [6.45, 7) is 43.3. The number of fused-ring (bicyclic) bond motifs is 2. The van der Waals surface area contributed by atoms with Crippen molar-refractivity contribution in [3.8, 4) is 5.75 Å². The number of unbranched alkanes of at least 4 members (excludes halogenated alkanes) is 4. The lowest BCUT2D eigenvalue weighted by molar-refractivity contribution is -0.125. The average Bonchev–Trinajstić information content (AvgIpc) is 1.05. The van der Waals surface area contributed by atoms with E-state index in [9.17, 15) is 18.8 Å². The van der Waals surface area contributed by atoms with Gasteiger partial charge in [-0.2, -0.15) is 4.99 Å². The molecule has 1 amide bonds. The van der Waals surface area contributed by atoms with Gasteiger partial charge in [0.1, 0.15) is 36.3 Å². The highest BCUT2D eigenvalue weighted by Crippen LogP contribution is 2.33. The van der Waals surface area contributed by atoms with Crippen LogP contribution in [0.25, 0.3) is 16.5 Å². The highest BCUT2D eigenvalue weighted by molar-refractivity contribution is 6.07. The van der Waals surface area contributed by atoms with E-state index in [0.29, 0.717) is 49.8 Å². The molecule has 3 fully saturated rings. The van der Waals surface area contributed by atoms with Gasteiger partial charge in [0.2, 0.25) is 5.91 Å². The zero-order chi connectivity index (χ0) is 69.4. The Balaban J connectivity index is 0.00000120. The lowest BCUT2D eigenvalue weighted by Gasteiger charge is -2.37. The van der Waals surface area contributed by atoms with Crippen molar-refractivity contribution in [3.63, 3.8) is 0 Å². The van der Waals surface area contributed by atoms with Gasteiger partial charge in [0, 0.05) is 112 Å². The van der Waals surface area contributed by atoms with E-state index in [4.69, 9.17) is 34.1 Å². The average molecular weight is 1290 g/mol. The third-order valence-corrected chi connectivity index (χ3v) is 16.7. The number of aldehydes is 1. The van der Waals surface area contributed by atoms with E-state index in [1.165, 1.54) is 83.6 Å². The van der Waals surface area contributed by atoms with Crippen molar-refractivity contribution in [1.82, 2.24) is 15.1 Å². The van der Waals surface area contributed by atoms with Gasteiger partial charge >= 0.3 is 6.02 Å². The molecule has 15 heteroatoms. The molecule has 7 rings (SSSR count). The maximum Gasteiger partial charge on any atom is 0.313 e. The number of amides is 1. The number of hydrogen-bond donors (Lipinski definition) is 2. The Kier molecular flexibility index (Phi) is 49.3. The molecule has 0 spiro atoms. The first-order chi connectivity index (χ1) is 44.4. The summed E-state index contributed by atoms with van der Waals surface area (Å²) in [5.74, 6) is 2.71. The molecule has 522 valence electrons. The number of anilines is 1. The van der Waals surface area contributed by atoms with Crippen LogP contribution < -0.4 is 15.0 Å². The number of piperidine rings is 2. The summed E-state index contributed by atoms with van der Waals surface area (Å²) in [5.41, 5.74) is 5.39. The fraction of sp³-hybridized carbons (Fsp3) is 0.662. The SMILES string of the molecule is C=C(N/C=C1/C(N2CCCC(C)C2)=NC(OC)=NC1CC)c1cccc2ccc(F)c(CC)c12.C=O.CC.CC(C)C(=O)C(C)CCC=O.CCC1CCCC2CCCN12.CCCCCOCCC.CCCCCOc1ccc(C)c(N(C)C(=O)CC)c1.CCCO. The number of benzene rings is 3. The number of amidine groups is 2. The number of carbonyl (C=O) groups is 4. The van der Waals surface area contributed by atoms with Crippen molar-refractivity contribution in [3.05, 3.63) is 89.4 Å². The first-order valence-electron chi connectivity index (χ1n) is 35.4. The summed E-state index contributed by atoms with van der Waals surface area (Å²) >= 11 is 0. The number of methoxy groups -OCH3 is 1. The summed E-state index contributed by atoms with van der Waals surface area (Å²) < 4.78 is 31.0. The number of halogens is 1. The van der Waals surface area contributed by atoms with Gasteiger partial charge in [0.05, 0.1) is 19.8 Å². The first kappa shape index (κ1) is 86.2. The van der Waals surface area contributed by atoms with Crippen LogP contribution in [-0.4, -0.2) is 130 Å². The number of aliphatic imine (C=N–C) groups is 2. The molecular weight excluding hydrogens is 1160 g/mol. The quantitative estimate of drug-likeness (QED) is 0.0613. The van der Waals surface area contributed by atoms with Gasteiger partial charge in [-0.1, -0.05) is 166 Å². The summed E-state index contributed by atoms with van der Waals surface area (Å²) in [4.78, 5) is 57.3. The van der Waals surface area contributed by atoms with Gasteiger partial charge in [-0.15, -0.1) is 0 Å². The highest BCUT2D eigenvalue weighted by atomic mass is 19.1. The van der Waals surface area contributed by atoms with E-state index < -0.39 is 0 Å².